The number of sulfone groups is 1. The van der Waals surface area contributed by atoms with Gasteiger partial charge in [-0.1, -0.05) is 0 Å². The lowest BCUT2D eigenvalue weighted by atomic mass is 10.2. The Morgan fingerprint density at radius 1 is 1.23 bits per heavy atom. The van der Waals surface area contributed by atoms with Crippen molar-refractivity contribution in [3.8, 4) is 0 Å². The van der Waals surface area contributed by atoms with E-state index in [9.17, 15) is 13.2 Å². The molecule has 0 aromatic carbocycles. The average Bonchev–Trinajstić information content (AvgIpc) is 2.84. The second-order valence-corrected chi connectivity index (χ2v) is 7.36. The molecular weight excluding hydrogens is 306 g/mol. The molecule has 1 amide bonds. The Balaban J connectivity index is 1.71. The summed E-state index contributed by atoms with van der Waals surface area (Å²) in [6.07, 6.45) is 5.93. The summed E-state index contributed by atoms with van der Waals surface area (Å²) in [4.78, 5) is 25.5. The number of carbonyl (C=O) groups excluding carboxylic acids is 1. The Labute approximate surface area is 127 Å². The Kier molecular flexibility index (Phi) is 3.44. The first-order chi connectivity index (χ1) is 10.4. The van der Waals surface area contributed by atoms with Crippen LogP contribution in [0.1, 0.15) is 16.2 Å². The van der Waals surface area contributed by atoms with Crippen LogP contribution in [0.15, 0.2) is 29.9 Å². The molecule has 22 heavy (non-hydrogen) atoms. The van der Waals surface area contributed by atoms with Crippen LogP contribution < -0.4 is 0 Å². The Morgan fingerprint density at radius 2 is 1.95 bits per heavy atom. The van der Waals surface area contributed by atoms with Crippen molar-refractivity contribution in [2.45, 2.75) is 17.3 Å². The van der Waals surface area contributed by atoms with Gasteiger partial charge in [0.15, 0.2) is 0 Å². The third kappa shape index (κ3) is 2.37. The highest BCUT2D eigenvalue weighted by Gasteiger charge is 2.42. The number of carbonyl (C=O) groups is 1. The van der Waals surface area contributed by atoms with Gasteiger partial charge in [0.2, 0.25) is 15.0 Å². The molecule has 8 nitrogen and oxygen atoms in total. The molecular formula is C13H15N5O3S. The van der Waals surface area contributed by atoms with Gasteiger partial charge in [-0.3, -0.25) is 9.78 Å². The first-order valence-corrected chi connectivity index (χ1v) is 8.23. The summed E-state index contributed by atoms with van der Waals surface area (Å²) in [6.45, 7) is 2.06. The van der Waals surface area contributed by atoms with Crippen molar-refractivity contribution in [2.24, 2.45) is 7.05 Å². The zero-order valence-corrected chi connectivity index (χ0v) is 13.0. The predicted octanol–water partition coefficient (Wildman–Crippen LogP) is -0.183. The van der Waals surface area contributed by atoms with Gasteiger partial charge in [-0.05, 0) is 6.92 Å². The van der Waals surface area contributed by atoms with E-state index in [2.05, 4.69) is 15.0 Å². The lowest BCUT2D eigenvalue weighted by molar-refractivity contribution is 0.0652. The fourth-order valence-corrected chi connectivity index (χ4v) is 3.96. The van der Waals surface area contributed by atoms with E-state index in [1.165, 1.54) is 28.1 Å². The van der Waals surface area contributed by atoms with E-state index >= 15 is 0 Å². The Morgan fingerprint density at radius 3 is 2.50 bits per heavy atom. The van der Waals surface area contributed by atoms with Crippen LogP contribution in [0.4, 0.5) is 0 Å². The highest BCUT2D eigenvalue weighted by molar-refractivity contribution is 7.92. The molecule has 1 saturated heterocycles. The summed E-state index contributed by atoms with van der Waals surface area (Å²) < 4.78 is 26.3. The number of imidazole rings is 1. The van der Waals surface area contributed by atoms with Crippen LogP contribution in [0.5, 0.6) is 0 Å². The number of aromatic nitrogens is 4. The normalized spacial score (nSPS) is 15.6. The number of aryl methyl sites for hydroxylation is 2. The third-order valence-electron chi connectivity index (χ3n) is 3.61. The minimum absolute atomic E-state index is 0.0275. The molecule has 1 aliphatic rings. The highest BCUT2D eigenvalue weighted by atomic mass is 32.2. The van der Waals surface area contributed by atoms with E-state index in [1.807, 2.05) is 0 Å². The van der Waals surface area contributed by atoms with Crippen molar-refractivity contribution < 1.29 is 13.2 Å². The number of hydrogen-bond donors (Lipinski definition) is 0. The van der Waals surface area contributed by atoms with Crippen LogP contribution in [-0.2, 0) is 16.9 Å². The molecule has 0 saturated carbocycles. The van der Waals surface area contributed by atoms with E-state index in [0.717, 1.165) is 5.69 Å². The van der Waals surface area contributed by atoms with E-state index in [0.29, 0.717) is 0 Å². The molecule has 2 aromatic heterocycles. The molecule has 2 aromatic rings. The smallest absolute Gasteiger partial charge is 0.274 e. The van der Waals surface area contributed by atoms with Crippen LogP contribution in [0.25, 0.3) is 0 Å². The Hall–Kier alpha value is -2.29. The molecule has 1 aliphatic heterocycles. The maximum atomic E-state index is 12.4. The van der Waals surface area contributed by atoms with Gasteiger partial charge in [0.1, 0.15) is 10.9 Å². The monoisotopic (exact) mass is 321 g/mol. The van der Waals surface area contributed by atoms with Gasteiger partial charge >= 0.3 is 0 Å². The zero-order valence-electron chi connectivity index (χ0n) is 12.2. The fraction of sp³-hybridized carbons (Fsp3) is 0.385. The second-order valence-electron chi connectivity index (χ2n) is 5.24. The average molecular weight is 321 g/mol. The largest absolute Gasteiger partial charge is 0.334 e. The number of hydrogen-bond acceptors (Lipinski definition) is 6. The van der Waals surface area contributed by atoms with Gasteiger partial charge in [-0.15, -0.1) is 0 Å². The molecule has 0 aliphatic carbocycles. The lowest BCUT2D eigenvalue weighted by Gasteiger charge is -2.37. The maximum Gasteiger partial charge on any atom is 0.274 e. The van der Waals surface area contributed by atoms with Crippen LogP contribution in [0.2, 0.25) is 0 Å². The van der Waals surface area contributed by atoms with Crippen LogP contribution >= 0.6 is 0 Å². The lowest BCUT2D eigenvalue weighted by Crippen LogP contribution is -2.57. The summed E-state index contributed by atoms with van der Waals surface area (Å²) in [7, 11) is -1.89. The standard InChI is InChI=1S/C13H15N5O3S/c1-9-5-16-11(6-15-9)12(19)18-7-10(8-18)22(20,21)13-14-3-4-17(13)2/h3-6,10H,7-8H2,1-2H3. The topological polar surface area (TPSA) is 98.0 Å². The van der Waals surface area contributed by atoms with Crippen LogP contribution in [0.3, 0.4) is 0 Å². The zero-order chi connectivity index (χ0) is 15.9. The number of amides is 1. The quantitative estimate of drug-likeness (QED) is 0.777. The molecule has 0 unspecified atom stereocenters. The van der Waals surface area contributed by atoms with Gasteiger partial charge in [0, 0.05) is 38.7 Å². The molecule has 3 rings (SSSR count). The maximum absolute atomic E-state index is 12.4. The third-order valence-corrected chi connectivity index (χ3v) is 5.68. The molecule has 1 fully saturated rings. The fourth-order valence-electron chi connectivity index (χ4n) is 2.24. The SMILES string of the molecule is Cc1cnc(C(=O)N2CC(S(=O)(=O)c3nccn3C)C2)cn1. The van der Waals surface area contributed by atoms with Crippen molar-refractivity contribution in [1.29, 1.82) is 0 Å². The molecule has 0 bridgehead atoms. The summed E-state index contributed by atoms with van der Waals surface area (Å²) in [5, 5.41) is -0.601. The van der Waals surface area contributed by atoms with Crippen molar-refractivity contribution in [3.63, 3.8) is 0 Å². The molecule has 116 valence electrons. The van der Waals surface area contributed by atoms with E-state index in [1.54, 1.807) is 20.2 Å². The van der Waals surface area contributed by atoms with Gasteiger partial charge in [-0.2, -0.15) is 0 Å². The van der Waals surface area contributed by atoms with Crippen molar-refractivity contribution >= 4 is 15.7 Å². The Bertz CT molecular complexity index is 806. The van der Waals surface area contributed by atoms with Gasteiger partial charge < -0.3 is 9.47 Å². The first-order valence-electron chi connectivity index (χ1n) is 6.68. The predicted molar refractivity (Wildman–Crippen MR) is 76.9 cm³/mol. The number of rotatable bonds is 3. The summed E-state index contributed by atoms with van der Waals surface area (Å²) in [5.41, 5.74) is 0.939. The van der Waals surface area contributed by atoms with E-state index in [-0.39, 0.29) is 29.8 Å². The summed E-state index contributed by atoms with van der Waals surface area (Å²) in [5.74, 6) is -0.307. The number of likely N-dealkylation sites (tertiary alicyclic amines) is 1. The van der Waals surface area contributed by atoms with Crippen LogP contribution in [-0.4, -0.2) is 57.1 Å². The minimum Gasteiger partial charge on any atom is -0.334 e. The number of nitrogens with zero attached hydrogens (tertiary/aromatic N) is 5. The molecule has 0 spiro atoms. The summed E-state index contributed by atoms with van der Waals surface area (Å²) in [6, 6.07) is 0. The molecule has 0 N–H and O–H groups in total. The van der Waals surface area contributed by atoms with Crippen molar-refractivity contribution in [1.82, 2.24) is 24.4 Å². The van der Waals surface area contributed by atoms with Gasteiger partial charge in [-0.25, -0.2) is 18.4 Å². The molecule has 9 heteroatoms. The van der Waals surface area contributed by atoms with Crippen molar-refractivity contribution in [2.75, 3.05) is 13.1 Å². The van der Waals surface area contributed by atoms with Crippen LogP contribution in [0, 0.1) is 6.92 Å². The van der Waals surface area contributed by atoms with E-state index in [4.69, 9.17) is 0 Å². The molecule has 0 atom stereocenters. The van der Waals surface area contributed by atoms with Crippen molar-refractivity contribution in [3.05, 3.63) is 36.2 Å². The van der Waals surface area contributed by atoms with Gasteiger partial charge in [0.25, 0.3) is 5.91 Å². The second kappa shape index (κ2) is 5.16. The van der Waals surface area contributed by atoms with E-state index < -0.39 is 15.1 Å². The summed E-state index contributed by atoms with van der Waals surface area (Å²) >= 11 is 0. The first kappa shape index (κ1) is 14.6. The minimum atomic E-state index is -3.52. The highest BCUT2D eigenvalue weighted by Crippen LogP contribution is 2.23. The van der Waals surface area contributed by atoms with Gasteiger partial charge in [0.05, 0.1) is 11.9 Å². The molecule has 0 radical (unpaired) electrons. The molecule has 3 heterocycles.